The third-order valence-electron chi connectivity index (χ3n) is 3.91. The second kappa shape index (κ2) is 10.1. The molecule has 1 N–H and O–H groups in total. The molecule has 2 aromatic rings. The van der Waals surface area contributed by atoms with Gasteiger partial charge in [0.05, 0.1) is 18.9 Å². The summed E-state index contributed by atoms with van der Waals surface area (Å²) in [6.07, 6.45) is 0.943. The highest BCUT2D eigenvalue weighted by Gasteiger charge is 2.15. The molecule has 0 aliphatic heterocycles. The number of benzene rings is 2. The number of methoxy groups -OCH3 is 1. The molecule has 4 heteroatoms. The molecule has 2 aromatic carbocycles. The first-order chi connectivity index (χ1) is 12.1. The Labute approximate surface area is 155 Å². The van der Waals surface area contributed by atoms with Crippen LogP contribution in [0.25, 0.3) is 0 Å². The van der Waals surface area contributed by atoms with E-state index in [9.17, 15) is 4.79 Å². The van der Waals surface area contributed by atoms with E-state index in [2.05, 4.69) is 31.3 Å². The summed E-state index contributed by atoms with van der Waals surface area (Å²) in [5.41, 5.74) is 2.37. The molecule has 0 saturated heterocycles. The summed E-state index contributed by atoms with van der Waals surface area (Å²) in [5, 5.41) is 3.19. The van der Waals surface area contributed by atoms with Crippen molar-refractivity contribution in [2.24, 2.45) is 5.92 Å². The maximum absolute atomic E-state index is 12.3. The lowest BCUT2D eigenvalue weighted by molar-refractivity contribution is -0.119. The van der Waals surface area contributed by atoms with Gasteiger partial charge in [-0.15, -0.1) is 11.8 Å². The van der Waals surface area contributed by atoms with Crippen molar-refractivity contribution < 1.29 is 9.53 Å². The van der Waals surface area contributed by atoms with E-state index in [1.54, 1.807) is 18.9 Å². The zero-order valence-corrected chi connectivity index (χ0v) is 16.0. The Morgan fingerprint density at radius 2 is 1.76 bits per heavy atom. The molecule has 0 aliphatic carbocycles. The Kier molecular flexibility index (Phi) is 7.86. The average Bonchev–Trinajstić information content (AvgIpc) is 2.62. The standard InChI is InChI=1S/C21H27NO2S/c1-16(2)13-20(18-7-5-4-6-8-18)22-21(23)15-25-14-17-9-11-19(24-3)12-10-17/h4-12,16,20H,13-15H2,1-3H3,(H,22,23)/t20-/m0/s1. The van der Waals surface area contributed by atoms with Crippen molar-refractivity contribution in [3.8, 4) is 5.75 Å². The SMILES string of the molecule is COc1ccc(CSCC(=O)N[C@@H](CC(C)C)c2ccccc2)cc1. The van der Waals surface area contributed by atoms with E-state index in [0.717, 1.165) is 17.9 Å². The third-order valence-corrected chi connectivity index (χ3v) is 4.91. The van der Waals surface area contributed by atoms with Gasteiger partial charge in [-0.05, 0) is 35.6 Å². The van der Waals surface area contributed by atoms with Crippen molar-refractivity contribution in [3.05, 3.63) is 65.7 Å². The van der Waals surface area contributed by atoms with Crippen molar-refractivity contribution in [1.29, 1.82) is 0 Å². The lowest BCUT2D eigenvalue weighted by atomic mass is 9.97. The third kappa shape index (κ3) is 6.83. The second-order valence-corrected chi connectivity index (χ2v) is 7.49. The molecule has 0 unspecified atom stereocenters. The van der Waals surface area contributed by atoms with Crippen molar-refractivity contribution >= 4 is 17.7 Å². The van der Waals surface area contributed by atoms with Gasteiger partial charge in [0, 0.05) is 5.75 Å². The van der Waals surface area contributed by atoms with Gasteiger partial charge in [-0.25, -0.2) is 0 Å². The van der Waals surface area contributed by atoms with E-state index >= 15 is 0 Å². The fourth-order valence-corrected chi connectivity index (χ4v) is 3.45. The van der Waals surface area contributed by atoms with Crippen LogP contribution in [-0.4, -0.2) is 18.8 Å². The van der Waals surface area contributed by atoms with Crippen LogP contribution in [0.4, 0.5) is 0 Å². The van der Waals surface area contributed by atoms with Crippen molar-refractivity contribution in [3.63, 3.8) is 0 Å². The number of ether oxygens (including phenoxy) is 1. The number of nitrogens with one attached hydrogen (secondary N) is 1. The first kappa shape index (κ1) is 19.4. The molecule has 2 rings (SSSR count). The van der Waals surface area contributed by atoms with Crippen LogP contribution in [0, 0.1) is 5.92 Å². The molecule has 134 valence electrons. The monoisotopic (exact) mass is 357 g/mol. The van der Waals surface area contributed by atoms with Gasteiger partial charge < -0.3 is 10.1 Å². The van der Waals surface area contributed by atoms with Crippen LogP contribution < -0.4 is 10.1 Å². The number of hydrogen-bond donors (Lipinski definition) is 1. The summed E-state index contributed by atoms with van der Waals surface area (Å²) in [6, 6.07) is 18.3. The molecule has 3 nitrogen and oxygen atoms in total. The zero-order valence-electron chi connectivity index (χ0n) is 15.2. The van der Waals surface area contributed by atoms with E-state index in [-0.39, 0.29) is 11.9 Å². The van der Waals surface area contributed by atoms with Gasteiger partial charge in [0.1, 0.15) is 5.75 Å². The predicted molar refractivity (Wildman–Crippen MR) is 106 cm³/mol. The van der Waals surface area contributed by atoms with Gasteiger partial charge in [0.2, 0.25) is 5.91 Å². The fraction of sp³-hybridized carbons (Fsp3) is 0.381. The lowest BCUT2D eigenvalue weighted by Gasteiger charge is -2.21. The summed E-state index contributed by atoms with van der Waals surface area (Å²) < 4.78 is 5.16. The van der Waals surface area contributed by atoms with Gasteiger partial charge >= 0.3 is 0 Å². The highest BCUT2D eigenvalue weighted by atomic mass is 32.2. The Morgan fingerprint density at radius 1 is 1.08 bits per heavy atom. The molecule has 0 aromatic heterocycles. The topological polar surface area (TPSA) is 38.3 Å². The van der Waals surface area contributed by atoms with Gasteiger partial charge in [-0.1, -0.05) is 56.3 Å². The number of carbonyl (C=O) groups is 1. The average molecular weight is 358 g/mol. The number of amides is 1. The quantitative estimate of drug-likeness (QED) is 0.698. The minimum Gasteiger partial charge on any atom is -0.497 e. The molecule has 25 heavy (non-hydrogen) atoms. The summed E-state index contributed by atoms with van der Waals surface area (Å²) in [7, 11) is 1.66. The zero-order chi connectivity index (χ0) is 18.1. The molecule has 0 heterocycles. The minimum absolute atomic E-state index is 0.0790. The molecule has 0 saturated carbocycles. The van der Waals surface area contributed by atoms with Crippen molar-refractivity contribution in [1.82, 2.24) is 5.32 Å². The maximum Gasteiger partial charge on any atom is 0.230 e. The normalized spacial score (nSPS) is 12.0. The van der Waals surface area contributed by atoms with Crippen molar-refractivity contribution in [2.75, 3.05) is 12.9 Å². The molecular weight excluding hydrogens is 330 g/mol. The van der Waals surface area contributed by atoms with Crippen LogP contribution in [0.3, 0.4) is 0 Å². The summed E-state index contributed by atoms with van der Waals surface area (Å²) in [5.74, 6) is 2.75. The highest BCUT2D eigenvalue weighted by Crippen LogP contribution is 2.22. The first-order valence-electron chi connectivity index (χ1n) is 8.63. The van der Waals surface area contributed by atoms with Gasteiger partial charge in [-0.2, -0.15) is 0 Å². The lowest BCUT2D eigenvalue weighted by Crippen LogP contribution is -2.30. The second-order valence-electron chi connectivity index (χ2n) is 6.50. The van der Waals surface area contributed by atoms with Crippen molar-refractivity contribution in [2.45, 2.75) is 32.1 Å². The molecular formula is C21H27NO2S. The Bertz CT molecular complexity index is 641. The Balaban J connectivity index is 1.83. The van der Waals surface area contributed by atoms with Crippen LogP contribution in [0.15, 0.2) is 54.6 Å². The van der Waals surface area contributed by atoms with Gasteiger partial charge in [0.25, 0.3) is 0 Å². The van der Waals surface area contributed by atoms with E-state index < -0.39 is 0 Å². The van der Waals surface area contributed by atoms with Crippen LogP contribution in [-0.2, 0) is 10.5 Å². The Hall–Kier alpha value is -1.94. The molecule has 0 fully saturated rings. The van der Waals surface area contributed by atoms with E-state index in [0.29, 0.717) is 11.7 Å². The highest BCUT2D eigenvalue weighted by molar-refractivity contribution is 7.99. The number of hydrogen-bond acceptors (Lipinski definition) is 3. The smallest absolute Gasteiger partial charge is 0.230 e. The minimum atomic E-state index is 0.0790. The van der Waals surface area contributed by atoms with Crippen LogP contribution in [0.5, 0.6) is 5.75 Å². The predicted octanol–water partition coefficient (Wildman–Crippen LogP) is 4.83. The van der Waals surface area contributed by atoms with Crippen LogP contribution in [0.1, 0.15) is 37.4 Å². The molecule has 0 aliphatic rings. The first-order valence-corrected chi connectivity index (χ1v) is 9.79. The molecule has 1 amide bonds. The van der Waals surface area contributed by atoms with Crippen LogP contribution in [0.2, 0.25) is 0 Å². The van der Waals surface area contributed by atoms with Gasteiger partial charge in [-0.3, -0.25) is 4.79 Å². The number of thioether (sulfide) groups is 1. The largest absolute Gasteiger partial charge is 0.497 e. The molecule has 0 radical (unpaired) electrons. The van der Waals surface area contributed by atoms with Gasteiger partial charge in [0.15, 0.2) is 0 Å². The van der Waals surface area contributed by atoms with Crippen LogP contribution >= 0.6 is 11.8 Å². The summed E-state index contributed by atoms with van der Waals surface area (Å²) in [6.45, 7) is 4.36. The summed E-state index contributed by atoms with van der Waals surface area (Å²) >= 11 is 1.63. The van der Waals surface area contributed by atoms with E-state index in [1.807, 2.05) is 42.5 Å². The number of rotatable bonds is 9. The van der Waals surface area contributed by atoms with E-state index in [1.165, 1.54) is 11.1 Å². The summed E-state index contributed by atoms with van der Waals surface area (Å²) in [4.78, 5) is 12.3. The molecule has 0 spiro atoms. The Morgan fingerprint density at radius 3 is 2.36 bits per heavy atom. The number of carbonyl (C=O) groups excluding carboxylic acids is 1. The van der Waals surface area contributed by atoms with E-state index in [4.69, 9.17) is 4.74 Å². The molecule has 1 atom stereocenters. The molecule has 0 bridgehead atoms. The fourth-order valence-electron chi connectivity index (χ4n) is 2.65. The maximum atomic E-state index is 12.3.